The summed E-state index contributed by atoms with van der Waals surface area (Å²) in [7, 11) is 0. The standard InChI is InChI=1S/C14H10BrClF2O/c15-12-4-3-9(17)6-11(12)14(19)5-8-1-2-10(18)7-13(8)16/h1-4,6-7,14,19H,5H2. The fraction of sp³-hybridized carbons (Fsp3) is 0.143. The lowest BCUT2D eigenvalue weighted by atomic mass is 10.0. The fourth-order valence-corrected chi connectivity index (χ4v) is 2.53. The molecule has 2 rings (SSSR count). The van der Waals surface area contributed by atoms with Crippen LogP contribution in [-0.2, 0) is 6.42 Å². The average Bonchev–Trinajstić information content (AvgIpc) is 2.35. The zero-order valence-corrected chi connectivity index (χ0v) is 12.0. The number of hydrogen-bond donors (Lipinski definition) is 1. The average molecular weight is 348 g/mol. The van der Waals surface area contributed by atoms with Gasteiger partial charge in [-0.25, -0.2) is 8.78 Å². The van der Waals surface area contributed by atoms with E-state index in [4.69, 9.17) is 11.6 Å². The molecule has 0 spiro atoms. The van der Waals surface area contributed by atoms with E-state index in [2.05, 4.69) is 15.9 Å². The van der Waals surface area contributed by atoms with Crippen molar-refractivity contribution >= 4 is 27.5 Å². The maximum Gasteiger partial charge on any atom is 0.124 e. The van der Waals surface area contributed by atoms with Gasteiger partial charge >= 0.3 is 0 Å². The van der Waals surface area contributed by atoms with Gasteiger partial charge in [-0.3, -0.25) is 0 Å². The molecule has 0 saturated heterocycles. The minimum Gasteiger partial charge on any atom is -0.388 e. The molecule has 0 fully saturated rings. The van der Waals surface area contributed by atoms with Gasteiger partial charge in [0.05, 0.1) is 6.10 Å². The Labute approximate surface area is 123 Å². The van der Waals surface area contributed by atoms with Gasteiger partial charge in [0, 0.05) is 15.9 Å². The molecule has 19 heavy (non-hydrogen) atoms. The molecule has 0 heterocycles. The van der Waals surface area contributed by atoms with Gasteiger partial charge in [-0.1, -0.05) is 33.6 Å². The predicted molar refractivity (Wildman–Crippen MR) is 74.2 cm³/mol. The maximum absolute atomic E-state index is 13.2. The molecule has 2 aromatic carbocycles. The van der Waals surface area contributed by atoms with E-state index < -0.39 is 17.7 Å². The molecule has 5 heteroatoms. The molecule has 0 aliphatic rings. The zero-order valence-electron chi connectivity index (χ0n) is 9.71. The van der Waals surface area contributed by atoms with Crippen LogP contribution in [0.4, 0.5) is 8.78 Å². The Hall–Kier alpha value is -0.970. The van der Waals surface area contributed by atoms with Crippen LogP contribution in [0.2, 0.25) is 5.02 Å². The Morgan fingerprint density at radius 1 is 1.11 bits per heavy atom. The number of benzene rings is 2. The molecular weight excluding hydrogens is 338 g/mol. The lowest BCUT2D eigenvalue weighted by Gasteiger charge is -2.14. The fourth-order valence-electron chi connectivity index (χ4n) is 1.78. The summed E-state index contributed by atoms with van der Waals surface area (Å²) >= 11 is 9.15. The summed E-state index contributed by atoms with van der Waals surface area (Å²) in [6.07, 6.45) is -0.741. The van der Waals surface area contributed by atoms with Crippen LogP contribution in [0.15, 0.2) is 40.9 Å². The van der Waals surface area contributed by atoms with E-state index in [0.717, 1.165) is 0 Å². The van der Waals surface area contributed by atoms with Crippen LogP contribution in [0, 0.1) is 11.6 Å². The van der Waals surface area contributed by atoms with Crippen molar-refractivity contribution in [1.29, 1.82) is 0 Å². The van der Waals surface area contributed by atoms with Crippen molar-refractivity contribution < 1.29 is 13.9 Å². The highest BCUT2D eigenvalue weighted by Gasteiger charge is 2.15. The summed E-state index contributed by atoms with van der Waals surface area (Å²) in [5.74, 6) is -0.863. The first-order valence-corrected chi connectivity index (χ1v) is 6.71. The Kier molecular flexibility index (Phi) is 4.55. The smallest absolute Gasteiger partial charge is 0.124 e. The van der Waals surface area contributed by atoms with Crippen molar-refractivity contribution in [2.24, 2.45) is 0 Å². The predicted octanol–water partition coefficient (Wildman–Crippen LogP) is 4.66. The molecule has 1 atom stereocenters. The van der Waals surface area contributed by atoms with Gasteiger partial charge < -0.3 is 5.11 Å². The lowest BCUT2D eigenvalue weighted by Crippen LogP contribution is -2.04. The molecule has 0 radical (unpaired) electrons. The SMILES string of the molecule is OC(Cc1ccc(F)cc1Cl)c1cc(F)ccc1Br. The van der Waals surface area contributed by atoms with Crippen LogP contribution in [0.25, 0.3) is 0 Å². The lowest BCUT2D eigenvalue weighted by molar-refractivity contribution is 0.177. The van der Waals surface area contributed by atoms with Crippen molar-refractivity contribution in [3.63, 3.8) is 0 Å². The molecule has 1 N–H and O–H groups in total. The van der Waals surface area contributed by atoms with E-state index in [1.165, 1.54) is 36.4 Å². The second-order valence-electron chi connectivity index (χ2n) is 4.12. The van der Waals surface area contributed by atoms with E-state index in [1.54, 1.807) is 0 Å². The first-order valence-electron chi connectivity index (χ1n) is 5.54. The monoisotopic (exact) mass is 346 g/mol. The summed E-state index contributed by atoms with van der Waals surface area (Å²) in [6, 6.07) is 8.05. The van der Waals surface area contributed by atoms with Crippen LogP contribution in [0.5, 0.6) is 0 Å². The van der Waals surface area contributed by atoms with Gasteiger partial charge in [0.15, 0.2) is 0 Å². The van der Waals surface area contributed by atoms with E-state index in [0.29, 0.717) is 15.6 Å². The summed E-state index contributed by atoms with van der Waals surface area (Å²) in [5.41, 5.74) is 1.03. The topological polar surface area (TPSA) is 20.2 Å². The number of hydrogen-bond acceptors (Lipinski definition) is 1. The Bertz CT molecular complexity index is 604. The van der Waals surface area contributed by atoms with Gasteiger partial charge in [-0.2, -0.15) is 0 Å². The van der Waals surface area contributed by atoms with Crippen LogP contribution in [0.1, 0.15) is 17.2 Å². The summed E-state index contributed by atoms with van der Waals surface area (Å²) < 4.78 is 26.7. The van der Waals surface area contributed by atoms with Crippen LogP contribution >= 0.6 is 27.5 Å². The minimum absolute atomic E-state index is 0.182. The molecule has 0 aliphatic heterocycles. The Morgan fingerprint density at radius 3 is 2.42 bits per heavy atom. The van der Waals surface area contributed by atoms with E-state index in [-0.39, 0.29) is 11.4 Å². The van der Waals surface area contributed by atoms with Crippen LogP contribution in [0.3, 0.4) is 0 Å². The second-order valence-corrected chi connectivity index (χ2v) is 5.38. The number of rotatable bonds is 3. The molecule has 0 bridgehead atoms. The molecule has 0 aromatic heterocycles. The van der Waals surface area contributed by atoms with Crippen molar-refractivity contribution in [2.45, 2.75) is 12.5 Å². The van der Waals surface area contributed by atoms with Crippen molar-refractivity contribution in [3.8, 4) is 0 Å². The summed E-state index contributed by atoms with van der Waals surface area (Å²) in [5, 5.41) is 10.4. The Morgan fingerprint density at radius 2 is 1.74 bits per heavy atom. The highest BCUT2D eigenvalue weighted by molar-refractivity contribution is 9.10. The molecule has 0 aliphatic carbocycles. The van der Waals surface area contributed by atoms with Gasteiger partial charge in [0.1, 0.15) is 11.6 Å². The quantitative estimate of drug-likeness (QED) is 0.856. The molecule has 100 valence electrons. The number of aliphatic hydroxyl groups is 1. The minimum atomic E-state index is -0.923. The van der Waals surface area contributed by atoms with Gasteiger partial charge in [-0.15, -0.1) is 0 Å². The highest BCUT2D eigenvalue weighted by Crippen LogP contribution is 2.29. The number of aliphatic hydroxyl groups excluding tert-OH is 1. The van der Waals surface area contributed by atoms with Gasteiger partial charge in [-0.05, 0) is 41.5 Å². The van der Waals surface area contributed by atoms with E-state index in [1.807, 2.05) is 0 Å². The third-order valence-corrected chi connectivity index (χ3v) is 3.82. The molecular formula is C14H10BrClF2O. The van der Waals surface area contributed by atoms with Crippen molar-refractivity contribution in [1.82, 2.24) is 0 Å². The van der Waals surface area contributed by atoms with E-state index in [9.17, 15) is 13.9 Å². The second kappa shape index (κ2) is 5.99. The first kappa shape index (κ1) is 14.4. The normalized spacial score (nSPS) is 12.5. The van der Waals surface area contributed by atoms with E-state index >= 15 is 0 Å². The largest absolute Gasteiger partial charge is 0.388 e. The van der Waals surface area contributed by atoms with Crippen LogP contribution < -0.4 is 0 Å². The Balaban J connectivity index is 2.25. The van der Waals surface area contributed by atoms with Crippen molar-refractivity contribution in [3.05, 3.63) is 68.7 Å². The van der Waals surface area contributed by atoms with Gasteiger partial charge in [0.25, 0.3) is 0 Å². The summed E-state index contributed by atoms with van der Waals surface area (Å²) in [4.78, 5) is 0. The van der Waals surface area contributed by atoms with Crippen molar-refractivity contribution in [2.75, 3.05) is 0 Å². The first-order chi connectivity index (χ1) is 8.97. The molecule has 0 saturated carbocycles. The number of halogens is 4. The third-order valence-electron chi connectivity index (χ3n) is 2.75. The highest BCUT2D eigenvalue weighted by atomic mass is 79.9. The van der Waals surface area contributed by atoms with Crippen LogP contribution in [-0.4, -0.2) is 5.11 Å². The summed E-state index contributed by atoms with van der Waals surface area (Å²) in [6.45, 7) is 0. The third kappa shape index (κ3) is 3.53. The molecule has 2 aromatic rings. The van der Waals surface area contributed by atoms with Gasteiger partial charge in [0.2, 0.25) is 0 Å². The maximum atomic E-state index is 13.2. The zero-order chi connectivity index (χ0) is 14.0. The molecule has 1 unspecified atom stereocenters. The molecule has 1 nitrogen and oxygen atoms in total. The molecule has 0 amide bonds.